The summed E-state index contributed by atoms with van der Waals surface area (Å²) in [6, 6.07) is 0.800. The highest BCUT2D eigenvalue weighted by molar-refractivity contribution is 5.92. The molecule has 2 rings (SSSR count). The number of ether oxygens (including phenoxy) is 1. The first-order chi connectivity index (χ1) is 10.9. The largest absolute Gasteiger partial charge is 0.447 e. The fraction of sp³-hybridized carbons (Fsp3) is 0.556. The van der Waals surface area contributed by atoms with E-state index in [0.717, 1.165) is 0 Å². The molecule has 6 heteroatoms. The Morgan fingerprint density at radius 1 is 1.21 bits per heavy atom. The van der Waals surface area contributed by atoms with Gasteiger partial charge in [0, 0.05) is 17.5 Å². The average molecular weight is 342 g/mol. The number of benzene rings is 1. The highest BCUT2D eigenvalue weighted by atomic mass is 19.1. The second kappa shape index (κ2) is 5.60. The minimum Gasteiger partial charge on any atom is -0.447 e. The van der Waals surface area contributed by atoms with Crippen molar-refractivity contribution in [2.75, 3.05) is 0 Å². The van der Waals surface area contributed by atoms with Gasteiger partial charge in [0.2, 0.25) is 0 Å². The van der Waals surface area contributed by atoms with Crippen LogP contribution in [0.1, 0.15) is 51.4 Å². The van der Waals surface area contributed by atoms with Gasteiger partial charge in [-0.15, -0.1) is 0 Å². The van der Waals surface area contributed by atoms with E-state index in [0.29, 0.717) is 18.4 Å². The number of esters is 1. The van der Waals surface area contributed by atoms with Crippen LogP contribution < -0.4 is 0 Å². The fourth-order valence-electron chi connectivity index (χ4n) is 3.72. The normalized spacial score (nSPS) is 25.8. The summed E-state index contributed by atoms with van der Waals surface area (Å²) in [4.78, 5) is 23.9. The summed E-state index contributed by atoms with van der Waals surface area (Å²) in [6.45, 7) is 9.59. The molecule has 0 aromatic heterocycles. The molecule has 132 valence electrons. The lowest BCUT2D eigenvalue weighted by Crippen LogP contribution is -2.66. The van der Waals surface area contributed by atoms with E-state index in [9.17, 15) is 22.8 Å². The van der Waals surface area contributed by atoms with Gasteiger partial charge in [0.25, 0.3) is 0 Å². The van der Waals surface area contributed by atoms with E-state index in [2.05, 4.69) is 0 Å². The molecule has 1 saturated carbocycles. The Labute approximate surface area is 139 Å². The van der Waals surface area contributed by atoms with Gasteiger partial charge in [-0.1, -0.05) is 34.6 Å². The Kier molecular flexibility index (Phi) is 4.32. The van der Waals surface area contributed by atoms with E-state index >= 15 is 0 Å². The molecule has 0 unspecified atom stereocenters. The number of aldehydes is 1. The monoisotopic (exact) mass is 342 g/mol. The summed E-state index contributed by atoms with van der Waals surface area (Å²) >= 11 is 0. The fourth-order valence-corrected chi connectivity index (χ4v) is 3.72. The van der Waals surface area contributed by atoms with Gasteiger partial charge in [0.15, 0.2) is 11.9 Å². The van der Waals surface area contributed by atoms with Crippen molar-refractivity contribution in [1.82, 2.24) is 0 Å². The Hall–Kier alpha value is -1.85. The second-order valence-corrected chi connectivity index (χ2v) is 7.99. The van der Waals surface area contributed by atoms with Crippen molar-refractivity contribution in [2.45, 2.75) is 46.6 Å². The summed E-state index contributed by atoms with van der Waals surface area (Å²) in [5, 5.41) is 0. The zero-order chi connectivity index (χ0) is 18.5. The van der Waals surface area contributed by atoms with Crippen LogP contribution in [0.5, 0.6) is 0 Å². The smallest absolute Gasteiger partial charge is 0.345 e. The molecule has 1 aromatic rings. The number of hydrogen-bond acceptors (Lipinski definition) is 3. The van der Waals surface area contributed by atoms with Crippen LogP contribution in [-0.4, -0.2) is 17.9 Å². The van der Waals surface area contributed by atoms with Gasteiger partial charge in [-0.3, -0.25) is 4.79 Å². The summed E-state index contributed by atoms with van der Waals surface area (Å²) in [7, 11) is 0. The molecule has 0 N–H and O–H groups in total. The third-order valence-electron chi connectivity index (χ3n) is 5.19. The highest BCUT2D eigenvalue weighted by Gasteiger charge is 2.65. The molecule has 0 heterocycles. The zero-order valence-electron chi connectivity index (χ0n) is 14.4. The minimum atomic E-state index is -1.46. The van der Waals surface area contributed by atoms with Gasteiger partial charge < -0.3 is 4.74 Å². The van der Waals surface area contributed by atoms with Gasteiger partial charge in [-0.05, 0) is 17.8 Å². The van der Waals surface area contributed by atoms with Gasteiger partial charge in [-0.2, -0.15) is 0 Å². The summed E-state index contributed by atoms with van der Waals surface area (Å²) in [5.41, 5.74) is -3.28. The Morgan fingerprint density at radius 2 is 1.71 bits per heavy atom. The van der Waals surface area contributed by atoms with E-state index in [1.807, 2.05) is 20.8 Å². The van der Waals surface area contributed by atoms with Crippen LogP contribution in [0, 0.1) is 34.2 Å². The molecule has 1 fully saturated rings. The first-order valence-corrected chi connectivity index (χ1v) is 7.70. The molecule has 1 aliphatic carbocycles. The molecule has 0 saturated heterocycles. The van der Waals surface area contributed by atoms with Crippen molar-refractivity contribution in [3.8, 4) is 0 Å². The van der Waals surface area contributed by atoms with E-state index in [1.165, 1.54) is 0 Å². The second-order valence-electron chi connectivity index (χ2n) is 7.99. The molecule has 0 aliphatic heterocycles. The summed E-state index contributed by atoms with van der Waals surface area (Å²) in [6.07, 6.45) is 0.787. The van der Waals surface area contributed by atoms with Crippen LogP contribution in [-0.2, 0) is 9.53 Å². The van der Waals surface area contributed by atoms with E-state index in [-0.39, 0.29) is 17.8 Å². The lowest BCUT2D eigenvalue weighted by Gasteiger charge is -2.61. The van der Waals surface area contributed by atoms with Crippen LogP contribution in [0.4, 0.5) is 13.2 Å². The highest BCUT2D eigenvalue weighted by Crippen LogP contribution is 2.61. The number of rotatable bonds is 3. The van der Waals surface area contributed by atoms with E-state index in [4.69, 9.17) is 4.74 Å². The number of carbonyl (C=O) groups excluding carboxylic acids is 2. The molecule has 0 spiro atoms. The molecular weight excluding hydrogens is 321 g/mol. The van der Waals surface area contributed by atoms with Gasteiger partial charge in [0.05, 0.1) is 0 Å². The standard InChI is InChI=1S/C18H21F3O3/c1-16(2,3)13-8-18(9-22,17(13,4)5)24-15(23)14-11(20)6-10(19)7-12(14)21/h6-7,9,13H,8H2,1-5H3/t13-,18-/m1/s1. The molecule has 1 aromatic carbocycles. The average Bonchev–Trinajstić information content (AvgIpc) is 2.40. The van der Waals surface area contributed by atoms with Gasteiger partial charge in [-0.25, -0.2) is 18.0 Å². The number of hydrogen-bond donors (Lipinski definition) is 0. The Morgan fingerprint density at radius 3 is 2.08 bits per heavy atom. The van der Waals surface area contributed by atoms with Crippen LogP contribution in [0.2, 0.25) is 0 Å². The number of halogens is 3. The van der Waals surface area contributed by atoms with Crippen molar-refractivity contribution < 1.29 is 27.5 Å². The minimum absolute atomic E-state index is 0.0749. The van der Waals surface area contributed by atoms with Crippen molar-refractivity contribution >= 4 is 12.3 Å². The van der Waals surface area contributed by atoms with Crippen LogP contribution in [0.15, 0.2) is 12.1 Å². The summed E-state index contributed by atoms with van der Waals surface area (Å²) < 4.78 is 45.7. The lowest BCUT2D eigenvalue weighted by atomic mass is 9.46. The molecule has 2 atom stereocenters. The topological polar surface area (TPSA) is 43.4 Å². The molecule has 1 aliphatic rings. The van der Waals surface area contributed by atoms with Gasteiger partial charge >= 0.3 is 5.97 Å². The van der Waals surface area contributed by atoms with Crippen molar-refractivity contribution in [3.05, 3.63) is 35.1 Å². The third-order valence-corrected chi connectivity index (χ3v) is 5.19. The molecule has 3 nitrogen and oxygen atoms in total. The maximum absolute atomic E-state index is 13.8. The van der Waals surface area contributed by atoms with Gasteiger partial charge in [0.1, 0.15) is 23.0 Å². The van der Waals surface area contributed by atoms with E-state index in [1.54, 1.807) is 13.8 Å². The first kappa shape index (κ1) is 18.5. The molecule has 0 bridgehead atoms. The quantitative estimate of drug-likeness (QED) is 0.608. The van der Waals surface area contributed by atoms with Crippen LogP contribution >= 0.6 is 0 Å². The third kappa shape index (κ3) is 2.72. The van der Waals surface area contributed by atoms with Crippen molar-refractivity contribution in [3.63, 3.8) is 0 Å². The predicted octanol–water partition coefficient (Wildman–Crippen LogP) is 4.29. The maximum Gasteiger partial charge on any atom is 0.345 e. The van der Waals surface area contributed by atoms with Crippen molar-refractivity contribution in [2.24, 2.45) is 16.7 Å². The predicted molar refractivity (Wildman–Crippen MR) is 81.9 cm³/mol. The molecule has 0 radical (unpaired) electrons. The number of carbonyl (C=O) groups is 2. The SMILES string of the molecule is CC(C)(C)[C@H]1C[C@](C=O)(OC(=O)c2c(F)cc(F)cc2F)C1(C)C. The maximum atomic E-state index is 13.8. The molecular formula is C18H21F3O3. The molecule has 0 amide bonds. The van der Waals surface area contributed by atoms with Crippen LogP contribution in [0.3, 0.4) is 0 Å². The summed E-state index contributed by atoms with van der Waals surface area (Å²) in [5.74, 6) is -5.09. The molecule has 24 heavy (non-hydrogen) atoms. The first-order valence-electron chi connectivity index (χ1n) is 7.70. The van der Waals surface area contributed by atoms with Crippen LogP contribution in [0.25, 0.3) is 0 Å². The Bertz CT molecular complexity index is 668. The Balaban J connectivity index is 2.33. The van der Waals surface area contributed by atoms with E-state index < -0.39 is 40.0 Å². The zero-order valence-corrected chi connectivity index (χ0v) is 14.4. The lowest BCUT2D eigenvalue weighted by molar-refractivity contribution is -0.210. The van der Waals surface area contributed by atoms with Crippen molar-refractivity contribution in [1.29, 1.82) is 0 Å².